The molecule has 0 aromatic carbocycles. The molecule has 64 valence electrons. The van der Waals surface area contributed by atoms with Gasteiger partial charge in [0.25, 0.3) is 0 Å². The van der Waals surface area contributed by atoms with E-state index < -0.39 is 0 Å². The number of hydrogen-bond acceptors (Lipinski definition) is 3. The van der Waals surface area contributed by atoms with Gasteiger partial charge < -0.3 is 9.47 Å². The summed E-state index contributed by atoms with van der Waals surface area (Å²) in [6.07, 6.45) is 2.40. The number of hydrogen-bond donors (Lipinski definition) is 0. The van der Waals surface area contributed by atoms with E-state index in [2.05, 4.69) is 0 Å². The van der Waals surface area contributed by atoms with E-state index in [4.69, 9.17) is 9.47 Å². The summed E-state index contributed by atoms with van der Waals surface area (Å²) in [5.41, 5.74) is 0. The molecule has 0 N–H and O–H groups in total. The van der Waals surface area contributed by atoms with Gasteiger partial charge in [-0.2, -0.15) is 0 Å². The molecular formula is C8H14O3. The Morgan fingerprint density at radius 1 is 1.73 bits per heavy atom. The van der Waals surface area contributed by atoms with Crippen LogP contribution in [0.1, 0.15) is 26.2 Å². The van der Waals surface area contributed by atoms with Crippen LogP contribution in [0.15, 0.2) is 0 Å². The molecule has 0 spiro atoms. The van der Waals surface area contributed by atoms with E-state index in [0.29, 0.717) is 13.2 Å². The van der Waals surface area contributed by atoms with Gasteiger partial charge in [0, 0.05) is 6.61 Å². The molecule has 0 unspecified atom stereocenters. The molecule has 0 amide bonds. The van der Waals surface area contributed by atoms with Crippen molar-refractivity contribution in [3.8, 4) is 0 Å². The third kappa shape index (κ3) is 2.50. The molecule has 1 fully saturated rings. The summed E-state index contributed by atoms with van der Waals surface area (Å²) in [6.45, 7) is 3.19. The first-order chi connectivity index (χ1) is 5.34. The summed E-state index contributed by atoms with van der Waals surface area (Å²) in [5, 5.41) is 0. The largest absolute Gasteiger partial charge is 0.464 e. The minimum Gasteiger partial charge on any atom is -0.464 e. The Kier molecular flexibility index (Phi) is 3.36. The predicted octanol–water partition coefficient (Wildman–Crippen LogP) is 1.12. The second-order valence-electron chi connectivity index (χ2n) is 2.67. The number of carbonyl (C=O) groups excluding carboxylic acids is 1. The lowest BCUT2D eigenvalue weighted by molar-refractivity contribution is -0.154. The molecule has 0 bridgehead atoms. The summed E-state index contributed by atoms with van der Waals surface area (Å²) in [4.78, 5) is 11.1. The number of rotatable bonds is 3. The van der Waals surface area contributed by atoms with Crippen LogP contribution in [0.3, 0.4) is 0 Å². The first kappa shape index (κ1) is 8.53. The zero-order chi connectivity index (χ0) is 8.10. The lowest BCUT2D eigenvalue weighted by Crippen LogP contribution is -2.22. The predicted molar refractivity (Wildman–Crippen MR) is 40.2 cm³/mol. The molecule has 0 aromatic rings. The van der Waals surface area contributed by atoms with Crippen LogP contribution in [-0.2, 0) is 14.3 Å². The van der Waals surface area contributed by atoms with Crippen molar-refractivity contribution in [2.75, 3.05) is 13.2 Å². The molecule has 0 aromatic heterocycles. The third-order valence-electron chi connectivity index (χ3n) is 1.64. The van der Waals surface area contributed by atoms with E-state index in [-0.39, 0.29) is 12.1 Å². The van der Waals surface area contributed by atoms with Crippen molar-refractivity contribution < 1.29 is 14.3 Å². The third-order valence-corrected chi connectivity index (χ3v) is 1.64. The van der Waals surface area contributed by atoms with E-state index >= 15 is 0 Å². The number of carbonyl (C=O) groups is 1. The van der Waals surface area contributed by atoms with Crippen LogP contribution in [0.4, 0.5) is 0 Å². The standard InChI is InChI=1S/C8H14O3/c1-2-5-11-8(9)7-4-3-6-10-7/h7H,2-6H2,1H3/t7-/m0/s1. The van der Waals surface area contributed by atoms with Crippen LogP contribution in [0.5, 0.6) is 0 Å². The second kappa shape index (κ2) is 4.34. The van der Waals surface area contributed by atoms with Gasteiger partial charge in [0.2, 0.25) is 0 Å². The van der Waals surface area contributed by atoms with Crippen LogP contribution in [-0.4, -0.2) is 25.3 Å². The summed E-state index contributed by atoms with van der Waals surface area (Å²) >= 11 is 0. The van der Waals surface area contributed by atoms with Gasteiger partial charge in [-0.25, -0.2) is 4.79 Å². The van der Waals surface area contributed by atoms with Gasteiger partial charge in [0.1, 0.15) is 0 Å². The van der Waals surface area contributed by atoms with E-state index in [1.54, 1.807) is 0 Å². The van der Waals surface area contributed by atoms with Crippen LogP contribution < -0.4 is 0 Å². The van der Waals surface area contributed by atoms with Crippen LogP contribution >= 0.6 is 0 Å². The van der Waals surface area contributed by atoms with E-state index in [1.807, 2.05) is 6.92 Å². The molecule has 1 heterocycles. The number of esters is 1. The van der Waals surface area contributed by atoms with Crippen LogP contribution in [0, 0.1) is 0 Å². The van der Waals surface area contributed by atoms with Gasteiger partial charge >= 0.3 is 5.97 Å². The quantitative estimate of drug-likeness (QED) is 0.577. The molecule has 1 rings (SSSR count). The zero-order valence-electron chi connectivity index (χ0n) is 6.84. The Labute approximate surface area is 66.7 Å². The molecule has 3 heteroatoms. The van der Waals surface area contributed by atoms with Gasteiger partial charge in [-0.15, -0.1) is 0 Å². The normalized spacial score (nSPS) is 23.5. The minimum absolute atomic E-state index is 0.190. The molecule has 3 nitrogen and oxygen atoms in total. The van der Waals surface area contributed by atoms with Gasteiger partial charge in [0.15, 0.2) is 6.10 Å². The minimum atomic E-state index is -0.276. The average molecular weight is 158 g/mol. The fraction of sp³-hybridized carbons (Fsp3) is 0.875. The molecule has 0 saturated carbocycles. The summed E-state index contributed by atoms with van der Waals surface area (Å²) in [5.74, 6) is -0.190. The number of ether oxygens (including phenoxy) is 2. The van der Waals surface area contributed by atoms with Gasteiger partial charge in [0.05, 0.1) is 6.61 Å². The van der Waals surface area contributed by atoms with Crippen molar-refractivity contribution in [2.45, 2.75) is 32.3 Å². The maximum atomic E-state index is 11.1. The Hall–Kier alpha value is -0.570. The van der Waals surface area contributed by atoms with Crippen molar-refractivity contribution in [1.82, 2.24) is 0 Å². The molecule has 1 aliphatic rings. The van der Waals surface area contributed by atoms with Gasteiger partial charge in [-0.1, -0.05) is 6.92 Å². The van der Waals surface area contributed by atoms with Crippen molar-refractivity contribution in [2.24, 2.45) is 0 Å². The fourth-order valence-corrected chi connectivity index (χ4v) is 1.06. The van der Waals surface area contributed by atoms with Crippen LogP contribution in [0.25, 0.3) is 0 Å². The lowest BCUT2D eigenvalue weighted by atomic mass is 10.2. The van der Waals surface area contributed by atoms with E-state index in [1.165, 1.54) is 0 Å². The Bertz CT molecular complexity index is 127. The Morgan fingerprint density at radius 3 is 3.09 bits per heavy atom. The maximum absolute atomic E-state index is 11.1. The smallest absolute Gasteiger partial charge is 0.335 e. The first-order valence-electron chi connectivity index (χ1n) is 4.13. The van der Waals surface area contributed by atoms with Crippen molar-refractivity contribution >= 4 is 5.97 Å². The maximum Gasteiger partial charge on any atom is 0.335 e. The average Bonchev–Trinajstić information content (AvgIpc) is 2.52. The molecule has 0 radical (unpaired) electrons. The summed E-state index contributed by atoms with van der Waals surface area (Å²) in [6, 6.07) is 0. The highest BCUT2D eigenvalue weighted by molar-refractivity contribution is 5.74. The topological polar surface area (TPSA) is 35.5 Å². The Morgan fingerprint density at radius 2 is 2.55 bits per heavy atom. The molecule has 11 heavy (non-hydrogen) atoms. The van der Waals surface area contributed by atoms with Crippen molar-refractivity contribution in [3.05, 3.63) is 0 Å². The lowest BCUT2D eigenvalue weighted by Gasteiger charge is -2.07. The van der Waals surface area contributed by atoms with Crippen molar-refractivity contribution in [3.63, 3.8) is 0 Å². The molecular weight excluding hydrogens is 144 g/mol. The zero-order valence-corrected chi connectivity index (χ0v) is 6.84. The first-order valence-corrected chi connectivity index (χ1v) is 4.13. The molecule has 1 atom stereocenters. The summed E-state index contributed by atoms with van der Waals surface area (Å²) < 4.78 is 10.0. The molecule has 1 saturated heterocycles. The molecule has 1 aliphatic heterocycles. The fourth-order valence-electron chi connectivity index (χ4n) is 1.06. The SMILES string of the molecule is CCCOC(=O)[C@@H]1CCCO1. The van der Waals surface area contributed by atoms with E-state index in [0.717, 1.165) is 19.3 Å². The summed E-state index contributed by atoms with van der Waals surface area (Å²) in [7, 11) is 0. The highest BCUT2D eigenvalue weighted by Gasteiger charge is 2.24. The van der Waals surface area contributed by atoms with Gasteiger partial charge in [-0.05, 0) is 19.3 Å². The highest BCUT2D eigenvalue weighted by atomic mass is 16.6. The van der Waals surface area contributed by atoms with E-state index in [9.17, 15) is 4.79 Å². The monoisotopic (exact) mass is 158 g/mol. The van der Waals surface area contributed by atoms with Gasteiger partial charge in [-0.3, -0.25) is 0 Å². The molecule has 0 aliphatic carbocycles. The van der Waals surface area contributed by atoms with Crippen molar-refractivity contribution in [1.29, 1.82) is 0 Å². The second-order valence-corrected chi connectivity index (χ2v) is 2.67. The Balaban J connectivity index is 2.17. The van der Waals surface area contributed by atoms with Crippen LogP contribution in [0.2, 0.25) is 0 Å². The highest BCUT2D eigenvalue weighted by Crippen LogP contribution is 2.13.